The fraction of sp³-hybridized carbons (Fsp3) is 0.333. The third-order valence-corrected chi connectivity index (χ3v) is 3.38. The van der Waals surface area contributed by atoms with Gasteiger partial charge in [-0.2, -0.15) is 13.2 Å². The molecule has 0 spiro atoms. The van der Waals surface area contributed by atoms with Crippen LogP contribution < -0.4 is 15.8 Å². The number of alkyl halides is 3. The minimum Gasteiger partial charge on any atom is -0.494 e. The molecule has 0 amide bonds. The Balaban J connectivity index is 2.18. The minimum absolute atomic E-state index is 0.0643. The van der Waals surface area contributed by atoms with Gasteiger partial charge in [0.25, 0.3) is 0 Å². The molecule has 0 aliphatic carbocycles. The van der Waals surface area contributed by atoms with Gasteiger partial charge in [-0.25, -0.2) is 0 Å². The Kier molecular flexibility index (Phi) is 4.63. The Morgan fingerprint density at radius 2 is 2.10 bits per heavy atom. The van der Waals surface area contributed by atoms with Gasteiger partial charge < -0.3 is 15.8 Å². The van der Waals surface area contributed by atoms with Crippen LogP contribution in [0.15, 0.2) is 18.2 Å². The van der Waals surface area contributed by atoms with Gasteiger partial charge in [-0.3, -0.25) is 0 Å². The average Bonchev–Trinajstić information content (AvgIpc) is 2.89. The highest BCUT2D eigenvalue weighted by Gasteiger charge is 2.35. The molecule has 2 aromatic rings. The number of halogens is 3. The van der Waals surface area contributed by atoms with Crippen LogP contribution in [0.4, 0.5) is 24.0 Å². The number of nitrogens with one attached hydrogen (secondary N) is 1. The monoisotopic (exact) mass is 318 g/mol. The highest BCUT2D eigenvalue weighted by molar-refractivity contribution is 7.15. The van der Waals surface area contributed by atoms with E-state index in [2.05, 4.69) is 15.5 Å². The summed E-state index contributed by atoms with van der Waals surface area (Å²) in [5.74, 6) is 0.652. The molecule has 114 valence electrons. The summed E-state index contributed by atoms with van der Waals surface area (Å²) in [6.45, 7) is 2.62. The molecule has 1 heterocycles. The van der Waals surface area contributed by atoms with Crippen LogP contribution in [-0.2, 0) is 12.7 Å². The molecule has 9 heteroatoms. The van der Waals surface area contributed by atoms with E-state index in [4.69, 9.17) is 10.5 Å². The van der Waals surface area contributed by atoms with E-state index < -0.39 is 11.2 Å². The van der Waals surface area contributed by atoms with Crippen molar-refractivity contribution in [1.29, 1.82) is 0 Å². The molecule has 0 aliphatic rings. The zero-order chi connectivity index (χ0) is 15.5. The van der Waals surface area contributed by atoms with Crippen molar-refractivity contribution >= 4 is 22.2 Å². The molecule has 0 aliphatic heterocycles. The molecule has 0 bridgehead atoms. The molecule has 0 unspecified atom stereocenters. The summed E-state index contributed by atoms with van der Waals surface area (Å²) in [5, 5.41) is 8.42. The van der Waals surface area contributed by atoms with Gasteiger partial charge in [-0.05, 0) is 25.1 Å². The lowest BCUT2D eigenvalue weighted by Gasteiger charge is -2.10. The Morgan fingerprint density at radius 1 is 1.33 bits per heavy atom. The van der Waals surface area contributed by atoms with Crippen molar-refractivity contribution in [3.63, 3.8) is 0 Å². The van der Waals surface area contributed by atoms with E-state index in [1.807, 2.05) is 6.92 Å². The Bertz CT molecular complexity index is 615. The largest absolute Gasteiger partial charge is 0.494 e. The third-order valence-electron chi connectivity index (χ3n) is 2.50. The van der Waals surface area contributed by atoms with E-state index in [-0.39, 0.29) is 11.7 Å². The van der Waals surface area contributed by atoms with Crippen molar-refractivity contribution in [3.05, 3.63) is 28.8 Å². The molecule has 0 atom stereocenters. The van der Waals surface area contributed by atoms with E-state index in [9.17, 15) is 13.2 Å². The Morgan fingerprint density at radius 3 is 2.67 bits per heavy atom. The molecule has 5 nitrogen and oxygen atoms in total. The number of nitrogens with two attached hydrogens (primary N) is 1. The predicted octanol–water partition coefficient (Wildman–Crippen LogP) is 3.16. The number of hydrogen-bond acceptors (Lipinski definition) is 6. The van der Waals surface area contributed by atoms with Crippen molar-refractivity contribution in [2.24, 2.45) is 5.73 Å². The van der Waals surface area contributed by atoms with Crippen LogP contribution in [0.2, 0.25) is 0 Å². The number of rotatable bonds is 5. The van der Waals surface area contributed by atoms with Crippen molar-refractivity contribution in [1.82, 2.24) is 10.2 Å². The smallest absolute Gasteiger partial charge is 0.445 e. The zero-order valence-electron chi connectivity index (χ0n) is 11.1. The highest BCUT2D eigenvalue weighted by atomic mass is 32.1. The predicted molar refractivity (Wildman–Crippen MR) is 73.7 cm³/mol. The van der Waals surface area contributed by atoms with Gasteiger partial charge in [0.15, 0.2) is 0 Å². The van der Waals surface area contributed by atoms with E-state index >= 15 is 0 Å². The van der Waals surface area contributed by atoms with Crippen LogP contribution >= 0.6 is 11.3 Å². The molecular weight excluding hydrogens is 305 g/mol. The summed E-state index contributed by atoms with van der Waals surface area (Å²) in [7, 11) is 0. The number of benzene rings is 1. The van der Waals surface area contributed by atoms with E-state index in [1.165, 1.54) is 0 Å². The quantitative estimate of drug-likeness (QED) is 0.886. The van der Waals surface area contributed by atoms with Gasteiger partial charge in [0.05, 0.1) is 6.61 Å². The lowest BCUT2D eigenvalue weighted by atomic mass is 10.2. The van der Waals surface area contributed by atoms with Crippen molar-refractivity contribution in [3.8, 4) is 5.75 Å². The van der Waals surface area contributed by atoms with Crippen LogP contribution in [0.3, 0.4) is 0 Å². The second kappa shape index (κ2) is 6.27. The Hall–Kier alpha value is -1.87. The standard InChI is InChI=1S/C12H13F3N4OS/c1-2-20-9-4-3-8(5-7(9)6-16)17-11-19-18-10(21-11)12(13,14)15/h3-5H,2,6,16H2,1H3,(H,17,19). The van der Waals surface area contributed by atoms with Gasteiger partial charge in [0.2, 0.25) is 10.1 Å². The van der Waals surface area contributed by atoms with Crippen LogP contribution in [0.25, 0.3) is 0 Å². The molecule has 1 aromatic heterocycles. The maximum Gasteiger partial charge on any atom is 0.445 e. The maximum atomic E-state index is 12.4. The SMILES string of the molecule is CCOc1ccc(Nc2nnc(C(F)(F)F)s2)cc1CN. The first-order chi connectivity index (χ1) is 9.94. The van der Waals surface area contributed by atoms with Gasteiger partial charge in [0.1, 0.15) is 5.75 Å². The van der Waals surface area contributed by atoms with E-state index in [0.717, 1.165) is 5.56 Å². The highest BCUT2D eigenvalue weighted by Crippen LogP contribution is 2.34. The van der Waals surface area contributed by atoms with E-state index in [0.29, 0.717) is 29.4 Å². The lowest BCUT2D eigenvalue weighted by Crippen LogP contribution is -2.03. The number of ether oxygens (including phenoxy) is 1. The van der Waals surface area contributed by atoms with E-state index in [1.54, 1.807) is 18.2 Å². The van der Waals surface area contributed by atoms with Crippen LogP contribution in [0, 0.1) is 0 Å². The average molecular weight is 318 g/mol. The second-order valence-corrected chi connectivity index (χ2v) is 4.97. The zero-order valence-corrected chi connectivity index (χ0v) is 11.9. The van der Waals surface area contributed by atoms with Crippen molar-refractivity contribution in [2.75, 3.05) is 11.9 Å². The first-order valence-corrected chi connectivity index (χ1v) is 6.89. The molecule has 0 saturated carbocycles. The van der Waals surface area contributed by atoms with Gasteiger partial charge in [-0.1, -0.05) is 11.3 Å². The summed E-state index contributed by atoms with van der Waals surface area (Å²) < 4.78 is 42.7. The van der Waals surface area contributed by atoms with Gasteiger partial charge >= 0.3 is 6.18 Å². The fourth-order valence-corrected chi connectivity index (χ4v) is 2.26. The topological polar surface area (TPSA) is 73.1 Å². The Labute approximate surface area is 122 Å². The van der Waals surface area contributed by atoms with Crippen molar-refractivity contribution in [2.45, 2.75) is 19.6 Å². The molecule has 1 aromatic carbocycles. The number of hydrogen-bond donors (Lipinski definition) is 2. The molecule has 0 fully saturated rings. The third kappa shape index (κ3) is 3.82. The van der Waals surface area contributed by atoms with Crippen molar-refractivity contribution < 1.29 is 17.9 Å². The molecule has 21 heavy (non-hydrogen) atoms. The van der Waals surface area contributed by atoms with Crippen LogP contribution in [-0.4, -0.2) is 16.8 Å². The minimum atomic E-state index is -4.49. The normalized spacial score (nSPS) is 11.5. The van der Waals surface area contributed by atoms with Crippen LogP contribution in [0.1, 0.15) is 17.5 Å². The van der Waals surface area contributed by atoms with Gasteiger partial charge in [-0.15, -0.1) is 10.2 Å². The number of aromatic nitrogens is 2. The fourth-order valence-electron chi connectivity index (χ4n) is 1.62. The first kappa shape index (κ1) is 15.5. The molecule has 2 rings (SSSR count). The molecule has 0 saturated heterocycles. The summed E-state index contributed by atoms with van der Waals surface area (Å²) in [5.41, 5.74) is 6.95. The summed E-state index contributed by atoms with van der Waals surface area (Å²) in [6, 6.07) is 5.10. The molecule has 0 radical (unpaired) electrons. The number of nitrogens with zero attached hydrogens (tertiary/aromatic N) is 2. The summed E-state index contributed by atoms with van der Waals surface area (Å²) >= 11 is 0.442. The summed E-state index contributed by atoms with van der Waals surface area (Å²) in [4.78, 5) is 0. The first-order valence-electron chi connectivity index (χ1n) is 6.07. The second-order valence-electron chi connectivity index (χ2n) is 3.99. The maximum absolute atomic E-state index is 12.4. The van der Waals surface area contributed by atoms with Crippen LogP contribution in [0.5, 0.6) is 5.75 Å². The molecular formula is C12H13F3N4OS. The van der Waals surface area contributed by atoms with Gasteiger partial charge in [0, 0.05) is 17.8 Å². The summed E-state index contributed by atoms with van der Waals surface area (Å²) in [6.07, 6.45) is -4.49. The number of anilines is 2. The molecule has 3 N–H and O–H groups in total. The lowest BCUT2D eigenvalue weighted by molar-refractivity contribution is -0.138.